The van der Waals surface area contributed by atoms with E-state index in [4.69, 9.17) is 19.9 Å². The van der Waals surface area contributed by atoms with E-state index in [0.717, 1.165) is 25.2 Å². The third-order valence-electron chi connectivity index (χ3n) is 6.51. The summed E-state index contributed by atoms with van der Waals surface area (Å²) in [4.78, 5) is 15.8. The van der Waals surface area contributed by atoms with Crippen LogP contribution in [0.3, 0.4) is 0 Å². The summed E-state index contributed by atoms with van der Waals surface area (Å²) in [5.41, 5.74) is 4.61. The maximum Gasteiger partial charge on any atom is 0.508 e. The van der Waals surface area contributed by atoms with E-state index in [2.05, 4.69) is 10.1 Å². The fourth-order valence-electron chi connectivity index (χ4n) is 4.79. The van der Waals surface area contributed by atoms with Gasteiger partial charge in [-0.3, -0.25) is 0 Å². The first-order chi connectivity index (χ1) is 14.4. The molecule has 2 bridgehead atoms. The number of nitrogens with zero attached hydrogens (tertiary/aromatic N) is 4. The molecule has 6 rings (SSSR count). The molecule has 4 N–H and O–H groups in total. The molecule has 11 nitrogen and oxygen atoms in total. The van der Waals surface area contributed by atoms with Crippen LogP contribution in [0.25, 0.3) is 5.52 Å². The van der Waals surface area contributed by atoms with Crippen LogP contribution >= 0.6 is 0 Å². The zero-order chi connectivity index (χ0) is 21.1. The molecule has 2 aromatic rings. The number of fused-ring (bicyclic) bond motifs is 1. The normalized spacial score (nSPS) is 36.6. The average molecular weight is 415 g/mol. The highest BCUT2D eigenvalue weighted by atomic mass is 16.7. The number of hydrogen-bond acceptors (Lipinski definition) is 10. The molecule has 11 heteroatoms. The third kappa shape index (κ3) is 2.64. The van der Waals surface area contributed by atoms with Crippen molar-refractivity contribution in [3.05, 3.63) is 24.2 Å². The number of nitriles is 1. The third-order valence-corrected chi connectivity index (χ3v) is 6.51. The summed E-state index contributed by atoms with van der Waals surface area (Å²) in [6, 6.07) is 5.03. The van der Waals surface area contributed by atoms with E-state index in [-0.39, 0.29) is 23.5 Å². The molecule has 1 aliphatic heterocycles. The van der Waals surface area contributed by atoms with Gasteiger partial charge in [0.2, 0.25) is 5.60 Å². The fourth-order valence-corrected chi connectivity index (χ4v) is 4.79. The SMILES string of the molecule is N#C[C@@]1(c2ccc3c(N)ncnn23)O[C@H](COC(=O)OCC23CC(C2)C3)[C@@H](O)[C@H]1O. The monoisotopic (exact) mass is 415 g/mol. The molecule has 0 aromatic carbocycles. The van der Waals surface area contributed by atoms with Crippen LogP contribution in [0.4, 0.5) is 10.6 Å². The van der Waals surface area contributed by atoms with Crippen LogP contribution in [0, 0.1) is 22.7 Å². The minimum absolute atomic E-state index is 0.124. The average Bonchev–Trinajstić information content (AvgIpc) is 3.20. The molecule has 0 amide bonds. The summed E-state index contributed by atoms with van der Waals surface area (Å²) in [5.74, 6) is 0.960. The Balaban J connectivity index is 1.29. The standard InChI is InChI=1S/C19H21N5O6/c20-7-19(13-2-1-11-16(21)22-9-23-24(11)13)15(26)14(25)12(30-19)6-28-17(27)29-8-18-3-10(4-18)5-18/h1-2,9-10,12,14-15,25-26H,3-6,8H2,(H2,21,22,23)/t10?,12-,14-,15-,18?,19+/m1/s1. The zero-order valence-electron chi connectivity index (χ0n) is 16.0. The highest BCUT2D eigenvalue weighted by Crippen LogP contribution is 2.64. The maximum absolute atomic E-state index is 11.9. The lowest BCUT2D eigenvalue weighted by Gasteiger charge is -2.61. The highest BCUT2D eigenvalue weighted by molar-refractivity contribution is 5.66. The van der Waals surface area contributed by atoms with Crippen molar-refractivity contribution in [2.75, 3.05) is 18.9 Å². The molecule has 4 atom stereocenters. The van der Waals surface area contributed by atoms with E-state index < -0.39 is 30.1 Å². The molecule has 158 valence electrons. The van der Waals surface area contributed by atoms with E-state index in [1.54, 1.807) is 6.07 Å². The molecule has 4 aliphatic rings. The molecule has 0 spiro atoms. The van der Waals surface area contributed by atoms with E-state index in [1.807, 2.05) is 6.07 Å². The Morgan fingerprint density at radius 1 is 1.37 bits per heavy atom. The van der Waals surface area contributed by atoms with Crippen molar-refractivity contribution in [1.82, 2.24) is 14.6 Å². The smallest absolute Gasteiger partial charge is 0.434 e. The van der Waals surface area contributed by atoms with Gasteiger partial charge in [-0.25, -0.2) is 14.3 Å². The molecule has 3 heterocycles. The number of nitrogen functional groups attached to an aromatic ring is 1. The van der Waals surface area contributed by atoms with Gasteiger partial charge in [-0.2, -0.15) is 10.4 Å². The fraction of sp³-hybridized carbons (Fsp3) is 0.579. The molecule has 4 fully saturated rings. The van der Waals surface area contributed by atoms with Gasteiger partial charge in [0.25, 0.3) is 0 Å². The van der Waals surface area contributed by atoms with Crippen molar-refractivity contribution >= 4 is 17.5 Å². The van der Waals surface area contributed by atoms with Crippen molar-refractivity contribution in [1.29, 1.82) is 5.26 Å². The second-order valence-corrected chi connectivity index (χ2v) is 8.43. The lowest BCUT2D eigenvalue weighted by molar-refractivity contribution is -0.147. The molecule has 30 heavy (non-hydrogen) atoms. The Morgan fingerprint density at radius 2 is 2.13 bits per heavy atom. The molecule has 0 radical (unpaired) electrons. The number of anilines is 1. The first-order valence-electron chi connectivity index (χ1n) is 9.71. The number of aliphatic hydroxyl groups excluding tert-OH is 2. The number of rotatable bonds is 5. The van der Waals surface area contributed by atoms with Crippen LogP contribution in [0.15, 0.2) is 18.5 Å². The van der Waals surface area contributed by atoms with Crippen LogP contribution in [0.1, 0.15) is 25.0 Å². The van der Waals surface area contributed by atoms with Crippen LogP contribution in [0.2, 0.25) is 0 Å². The van der Waals surface area contributed by atoms with Crippen molar-refractivity contribution in [3.63, 3.8) is 0 Å². The number of carbonyl (C=O) groups is 1. The van der Waals surface area contributed by atoms with E-state index in [1.165, 1.54) is 16.9 Å². The predicted octanol–water partition coefficient (Wildman–Crippen LogP) is 0.104. The van der Waals surface area contributed by atoms with Crippen molar-refractivity contribution < 1.29 is 29.2 Å². The lowest BCUT2D eigenvalue weighted by atomic mass is 9.45. The Morgan fingerprint density at radius 3 is 2.80 bits per heavy atom. The predicted molar refractivity (Wildman–Crippen MR) is 98.7 cm³/mol. The van der Waals surface area contributed by atoms with E-state index in [0.29, 0.717) is 12.1 Å². The minimum atomic E-state index is -1.93. The van der Waals surface area contributed by atoms with Crippen LogP contribution in [-0.2, 0) is 19.8 Å². The number of aliphatic hydroxyl groups is 2. The Labute approximate surface area is 171 Å². The van der Waals surface area contributed by atoms with E-state index >= 15 is 0 Å². The van der Waals surface area contributed by atoms with Crippen molar-refractivity contribution in [2.24, 2.45) is 11.3 Å². The Kier molecular flexibility index (Phi) is 4.15. The Bertz CT molecular complexity index is 1030. The summed E-state index contributed by atoms with van der Waals surface area (Å²) in [5, 5.41) is 35.0. The summed E-state index contributed by atoms with van der Waals surface area (Å²) < 4.78 is 17.3. The summed E-state index contributed by atoms with van der Waals surface area (Å²) >= 11 is 0. The second-order valence-electron chi connectivity index (χ2n) is 8.43. The van der Waals surface area contributed by atoms with Gasteiger partial charge in [0.1, 0.15) is 49.4 Å². The van der Waals surface area contributed by atoms with Gasteiger partial charge < -0.3 is 30.2 Å². The van der Waals surface area contributed by atoms with Gasteiger partial charge in [0.05, 0.1) is 5.69 Å². The first-order valence-corrected chi connectivity index (χ1v) is 9.71. The second kappa shape index (κ2) is 6.53. The van der Waals surface area contributed by atoms with Gasteiger partial charge in [-0.15, -0.1) is 0 Å². The first kappa shape index (κ1) is 19.0. The largest absolute Gasteiger partial charge is 0.508 e. The highest BCUT2D eigenvalue weighted by Gasteiger charge is 2.58. The maximum atomic E-state index is 11.9. The van der Waals surface area contributed by atoms with E-state index in [9.17, 15) is 20.3 Å². The van der Waals surface area contributed by atoms with Crippen LogP contribution in [0.5, 0.6) is 0 Å². The molecular formula is C19H21N5O6. The number of aromatic nitrogens is 3. The van der Waals surface area contributed by atoms with Gasteiger partial charge >= 0.3 is 6.16 Å². The van der Waals surface area contributed by atoms with Gasteiger partial charge in [0, 0.05) is 5.41 Å². The van der Waals surface area contributed by atoms with Gasteiger partial charge in [0.15, 0.2) is 5.82 Å². The molecule has 1 saturated heterocycles. The number of ether oxygens (including phenoxy) is 3. The van der Waals surface area contributed by atoms with Gasteiger partial charge in [-0.05, 0) is 37.3 Å². The summed E-state index contributed by atoms with van der Waals surface area (Å²) in [7, 11) is 0. The minimum Gasteiger partial charge on any atom is -0.434 e. The quantitative estimate of drug-likeness (QED) is 0.570. The van der Waals surface area contributed by atoms with Crippen LogP contribution < -0.4 is 5.73 Å². The summed E-state index contributed by atoms with van der Waals surface area (Å²) in [6.07, 6.45) is -0.623. The number of carbonyl (C=O) groups excluding carboxylic acids is 1. The van der Waals surface area contributed by atoms with Gasteiger partial charge in [-0.1, -0.05) is 0 Å². The molecular weight excluding hydrogens is 394 g/mol. The lowest BCUT2D eigenvalue weighted by Crippen LogP contribution is -2.54. The Hall–Kier alpha value is -2.94. The topological polar surface area (TPSA) is 165 Å². The number of nitrogens with two attached hydrogens (primary N) is 1. The zero-order valence-corrected chi connectivity index (χ0v) is 16.0. The molecule has 2 aromatic heterocycles. The molecule has 0 unspecified atom stereocenters. The molecule has 3 aliphatic carbocycles. The molecule has 3 saturated carbocycles. The number of hydrogen-bond donors (Lipinski definition) is 3. The summed E-state index contributed by atoms with van der Waals surface area (Å²) in [6.45, 7) is -0.0605. The van der Waals surface area contributed by atoms with Crippen LogP contribution in [-0.4, -0.2) is 62.5 Å². The van der Waals surface area contributed by atoms with Crippen molar-refractivity contribution in [2.45, 2.75) is 43.2 Å². The van der Waals surface area contributed by atoms with Crippen molar-refractivity contribution in [3.8, 4) is 6.07 Å².